The Morgan fingerprint density at radius 2 is 2.24 bits per heavy atom. The Kier molecular flexibility index (Phi) is 4.41. The van der Waals surface area contributed by atoms with E-state index in [4.69, 9.17) is 5.11 Å². The van der Waals surface area contributed by atoms with Crippen molar-refractivity contribution in [3.05, 3.63) is 36.0 Å². The van der Waals surface area contributed by atoms with Crippen LogP contribution in [0.25, 0.3) is 0 Å². The molecule has 2 aromatic rings. The second-order valence-corrected chi connectivity index (χ2v) is 4.29. The lowest BCUT2D eigenvalue weighted by molar-refractivity contribution is 0.0690. The standard InChI is InChI=1S/C12H13F2N5O2/c1-18(10-4-2-3-8(17-10)12(20)21)6-11-15-7-16-19(11)5-9(13)14/h2-4,7,9H,5-6H2,1H3,(H,20,21). The molecule has 9 heteroatoms. The van der Waals surface area contributed by atoms with Gasteiger partial charge in [-0.05, 0) is 12.1 Å². The molecule has 0 radical (unpaired) electrons. The molecule has 0 spiro atoms. The molecule has 0 atom stereocenters. The summed E-state index contributed by atoms with van der Waals surface area (Å²) in [4.78, 5) is 20.4. The molecule has 112 valence electrons. The molecule has 0 unspecified atom stereocenters. The number of carboxylic acids is 1. The summed E-state index contributed by atoms with van der Waals surface area (Å²) in [5.74, 6) is -0.382. The molecule has 0 aliphatic heterocycles. The third-order valence-electron chi connectivity index (χ3n) is 2.73. The summed E-state index contributed by atoms with van der Waals surface area (Å²) in [5, 5.41) is 12.6. The van der Waals surface area contributed by atoms with Gasteiger partial charge in [-0.3, -0.25) is 0 Å². The molecule has 0 saturated heterocycles. The first-order valence-corrected chi connectivity index (χ1v) is 6.03. The Bertz CT molecular complexity index is 632. The molecule has 0 saturated carbocycles. The van der Waals surface area contributed by atoms with Crippen LogP contribution in [0.4, 0.5) is 14.6 Å². The highest BCUT2D eigenvalue weighted by molar-refractivity contribution is 5.85. The van der Waals surface area contributed by atoms with Gasteiger partial charge in [-0.25, -0.2) is 28.2 Å². The van der Waals surface area contributed by atoms with E-state index < -0.39 is 18.9 Å². The number of hydrogen-bond donors (Lipinski definition) is 1. The zero-order chi connectivity index (χ0) is 15.4. The summed E-state index contributed by atoms with van der Waals surface area (Å²) >= 11 is 0. The number of nitrogens with zero attached hydrogens (tertiary/aromatic N) is 5. The van der Waals surface area contributed by atoms with E-state index in [0.29, 0.717) is 11.6 Å². The van der Waals surface area contributed by atoms with Crippen molar-refractivity contribution in [2.24, 2.45) is 0 Å². The number of aromatic carboxylic acids is 1. The van der Waals surface area contributed by atoms with Gasteiger partial charge in [0.25, 0.3) is 6.43 Å². The molecular weight excluding hydrogens is 284 g/mol. The van der Waals surface area contributed by atoms with Gasteiger partial charge in [-0.2, -0.15) is 5.10 Å². The van der Waals surface area contributed by atoms with Crippen molar-refractivity contribution < 1.29 is 18.7 Å². The van der Waals surface area contributed by atoms with E-state index in [0.717, 1.165) is 4.68 Å². The lowest BCUT2D eigenvalue weighted by Crippen LogP contribution is -2.23. The van der Waals surface area contributed by atoms with Crippen LogP contribution in [0, 0.1) is 0 Å². The fraction of sp³-hybridized carbons (Fsp3) is 0.333. The Labute approximate surface area is 118 Å². The summed E-state index contributed by atoms with van der Waals surface area (Å²) in [5.41, 5.74) is -0.0894. The summed E-state index contributed by atoms with van der Waals surface area (Å²) in [6, 6.07) is 4.56. The molecule has 0 amide bonds. The van der Waals surface area contributed by atoms with Gasteiger partial charge in [0.05, 0.1) is 6.54 Å². The number of carbonyl (C=O) groups is 1. The minimum Gasteiger partial charge on any atom is -0.477 e. The molecule has 2 aromatic heterocycles. The number of alkyl halides is 2. The van der Waals surface area contributed by atoms with Gasteiger partial charge >= 0.3 is 5.97 Å². The van der Waals surface area contributed by atoms with Crippen molar-refractivity contribution in [2.45, 2.75) is 19.5 Å². The number of carboxylic acid groups (broad SMARTS) is 1. The van der Waals surface area contributed by atoms with Crippen LogP contribution in [0.15, 0.2) is 24.5 Å². The molecule has 0 aliphatic rings. The molecule has 7 nitrogen and oxygen atoms in total. The SMILES string of the molecule is CN(Cc1ncnn1CC(F)F)c1cccc(C(=O)O)n1. The molecule has 0 aromatic carbocycles. The van der Waals surface area contributed by atoms with Crippen molar-refractivity contribution in [2.75, 3.05) is 11.9 Å². The van der Waals surface area contributed by atoms with E-state index in [-0.39, 0.29) is 12.2 Å². The average molecular weight is 297 g/mol. The normalized spacial score (nSPS) is 10.9. The van der Waals surface area contributed by atoms with Crippen LogP contribution in [0.1, 0.15) is 16.3 Å². The molecule has 1 N–H and O–H groups in total. The second kappa shape index (κ2) is 6.25. The Balaban J connectivity index is 2.14. The van der Waals surface area contributed by atoms with Crippen LogP contribution in [0.3, 0.4) is 0 Å². The molecule has 2 heterocycles. The van der Waals surface area contributed by atoms with Gasteiger partial charge in [0.1, 0.15) is 24.5 Å². The van der Waals surface area contributed by atoms with Crippen molar-refractivity contribution in [3.63, 3.8) is 0 Å². The Morgan fingerprint density at radius 1 is 1.48 bits per heavy atom. The van der Waals surface area contributed by atoms with Crippen LogP contribution in [-0.2, 0) is 13.1 Å². The maximum absolute atomic E-state index is 12.4. The first-order valence-electron chi connectivity index (χ1n) is 6.03. The number of hydrogen-bond acceptors (Lipinski definition) is 5. The highest BCUT2D eigenvalue weighted by atomic mass is 19.3. The topological polar surface area (TPSA) is 84.1 Å². The molecule has 21 heavy (non-hydrogen) atoms. The quantitative estimate of drug-likeness (QED) is 0.864. The predicted octanol–water partition coefficient (Wildman–Crippen LogP) is 1.27. The third kappa shape index (κ3) is 3.71. The minimum atomic E-state index is -2.52. The van der Waals surface area contributed by atoms with E-state index in [9.17, 15) is 13.6 Å². The van der Waals surface area contributed by atoms with Gasteiger partial charge in [0, 0.05) is 7.05 Å². The molecule has 2 rings (SSSR count). The highest BCUT2D eigenvalue weighted by Gasteiger charge is 2.14. The summed E-state index contributed by atoms with van der Waals surface area (Å²) in [6.45, 7) is -0.353. The van der Waals surface area contributed by atoms with Crippen LogP contribution in [0.5, 0.6) is 0 Å². The van der Waals surface area contributed by atoms with Gasteiger partial charge < -0.3 is 10.0 Å². The zero-order valence-corrected chi connectivity index (χ0v) is 11.1. The predicted molar refractivity (Wildman–Crippen MR) is 69.3 cm³/mol. The van der Waals surface area contributed by atoms with Gasteiger partial charge in [0.15, 0.2) is 5.69 Å². The molecule has 0 fully saturated rings. The average Bonchev–Trinajstić information content (AvgIpc) is 2.85. The van der Waals surface area contributed by atoms with Crippen LogP contribution in [0.2, 0.25) is 0 Å². The first-order chi connectivity index (χ1) is 9.97. The lowest BCUT2D eigenvalue weighted by Gasteiger charge is -2.18. The van der Waals surface area contributed by atoms with E-state index >= 15 is 0 Å². The maximum atomic E-state index is 12.4. The molecule has 0 bridgehead atoms. The number of anilines is 1. The van der Waals surface area contributed by atoms with E-state index in [1.54, 1.807) is 24.1 Å². The van der Waals surface area contributed by atoms with E-state index in [2.05, 4.69) is 15.1 Å². The largest absolute Gasteiger partial charge is 0.477 e. The molecular formula is C12H13F2N5O2. The highest BCUT2D eigenvalue weighted by Crippen LogP contribution is 2.13. The Hall–Kier alpha value is -2.58. The van der Waals surface area contributed by atoms with Crippen molar-refractivity contribution in [3.8, 4) is 0 Å². The lowest BCUT2D eigenvalue weighted by atomic mass is 10.3. The van der Waals surface area contributed by atoms with Gasteiger partial charge in [-0.1, -0.05) is 6.07 Å². The molecule has 0 aliphatic carbocycles. The Morgan fingerprint density at radius 3 is 2.90 bits per heavy atom. The maximum Gasteiger partial charge on any atom is 0.354 e. The fourth-order valence-electron chi connectivity index (χ4n) is 1.74. The van der Waals surface area contributed by atoms with E-state index in [1.807, 2.05) is 0 Å². The number of halogens is 2. The van der Waals surface area contributed by atoms with Crippen LogP contribution in [-0.4, -0.2) is 44.3 Å². The summed E-state index contributed by atoms with van der Waals surface area (Å²) in [6.07, 6.45) is -1.32. The number of rotatable bonds is 6. The zero-order valence-electron chi connectivity index (χ0n) is 11.1. The fourth-order valence-corrected chi connectivity index (χ4v) is 1.74. The second-order valence-electron chi connectivity index (χ2n) is 4.29. The third-order valence-corrected chi connectivity index (χ3v) is 2.73. The van der Waals surface area contributed by atoms with Crippen molar-refractivity contribution in [1.82, 2.24) is 19.7 Å². The van der Waals surface area contributed by atoms with Gasteiger partial charge in [-0.15, -0.1) is 0 Å². The van der Waals surface area contributed by atoms with Crippen LogP contribution >= 0.6 is 0 Å². The summed E-state index contributed by atoms with van der Waals surface area (Å²) < 4.78 is 25.9. The van der Waals surface area contributed by atoms with Gasteiger partial charge in [0.2, 0.25) is 0 Å². The summed E-state index contributed by atoms with van der Waals surface area (Å²) in [7, 11) is 1.66. The number of aromatic nitrogens is 4. The monoisotopic (exact) mass is 297 g/mol. The van der Waals surface area contributed by atoms with Crippen molar-refractivity contribution in [1.29, 1.82) is 0 Å². The van der Waals surface area contributed by atoms with Crippen LogP contribution < -0.4 is 4.90 Å². The smallest absolute Gasteiger partial charge is 0.354 e. The first kappa shape index (κ1) is 14.8. The van der Waals surface area contributed by atoms with Crippen molar-refractivity contribution >= 4 is 11.8 Å². The minimum absolute atomic E-state index is 0.0894. The van der Waals surface area contributed by atoms with E-state index in [1.165, 1.54) is 12.4 Å². The number of pyridine rings is 1.